The Labute approximate surface area is 819 Å². The summed E-state index contributed by atoms with van der Waals surface area (Å²) in [4.78, 5) is 127. The van der Waals surface area contributed by atoms with Crippen molar-refractivity contribution in [3.8, 4) is 57.6 Å². The normalized spacial score (nSPS) is 13.2. The van der Waals surface area contributed by atoms with Crippen LogP contribution < -0.4 is 22.2 Å². The molecule has 0 atom stereocenters. The van der Waals surface area contributed by atoms with Gasteiger partial charge < -0.3 is 39.2 Å². The maximum Gasteiger partial charge on any atom is 0.410 e. The van der Waals surface area contributed by atoms with E-state index < -0.39 is 36.8 Å². The standard InChI is InChI=1S/C29H27FN4O3.C29H35N5O5S.C25H21FN4O3S.C24H24FN5O2/c1-29(2,3)37-27(36)20-13-11-19(12-14-20)25-22(17-10-18-8-15-21(30)16-9-18)26(35)34(33-25)28-31-23-6-4-5-7-24(23)32-28;1-29(2,3)39-28(36)33-17-15-19(16-18-33)9-14-22-25(20-10-12-21(13-11-20)40(4,37)38)32-34(26(22)35)27-30-23-7-5-6-8-24(23)31-27;1-34(32,33)19-13-9-17(10-14-19)23-20(15-8-16-6-11-18(26)12-7-16)24(31)30(29-23)25-27-21-4-2-3-5-22(21)28-25;25-17-11-8-16(9-12-17)10-13-18-21(23(32)29-14-4-1-5-15-29)28-30(22(18)31)24-26-19-6-2-3-7-20(19)27-24/h4-9,11-16,33H,10,17H2,1-3H3,(H,31,32);5-8,10-13,19,32H,9,14-18H2,1-4H3,(H,30,31);2-7,9-14,29H,8,15H2,1H3,(H,27,28);2-3,6-9,11-12,28H,1,4-5,10,13-15H2,(H,26,27). The van der Waals surface area contributed by atoms with Crippen LogP contribution in [-0.4, -0.2) is 173 Å². The van der Waals surface area contributed by atoms with Crippen molar-refractivity contribution in [2.75, 3.05) is 38.7 Å². The average molecular weight is 1970 g/mol. The Morgan fingerprint density at radius 2 is 0.678 bits per heavy atom. The molecule has 10 aromatic carbocycles. The molecule has 31 nitrogen and oxygen atoms in total. The number of piperidine rings is 2. The molecule has 0 bridgehead atoms. The molecule has 2 fully saturated rings. The number of para-hydroxylation sites is 8. The lowest BCUT2D eigenvalue weighted by Gasteiger charge is -2.33. The summed E-state index contributed by atoms with van der Waals surface area (Å²) in [6.07, 6.45) is 10.8. The monoisotopic (exact) mass is 1970 g/mol. The van der Waals surface area contributed by atoms with Crippen molar-refractivity contribution in [3.05, 3.63) is 352 Å². The van der Waals surface area contributed by atoms with Gasteiger partial charge in [0.15, 0.2) is 19.7 Å². The summed E-state index contributed by atoms with van der Waals surface area (Å²) in [6, 6.07) is 68.6. The lowest BCUT2D eigenvalue weighted by Crippen LogP contribution is -2.41. The number of aromatic nitrogens is 16. The number of aryl methyl sites for hydroxylation is 3. The maximum absolute atomic E-state index is 13.7. The van der Waals surface area contributed by atoms with Crippen molar-refractivity contribution in [1.82, 2.24) is 88.8 Å². The van der Waals surface area contributed by atoms with Crippen LogP contribution in [0.5, 0.6) is 0 Å². The third kappa shape index (κ3) is 23.4. The van der Waals surface area contributed by atoms with Gasteiger partial charge in [-0.05, 0) is 286 Å². The van der Waals surface area contributed by atoms with E-state index in [2.05, 4.69) is 60.3 Å². The highest BCUT2D eigenvalue weighted by molar-refractivity contribution is 7.91. The first-order valence-corrected chi connectivity index (χ1v) is 50.9. The molecular formula is C107H107F3N18O13S2. The third-order valence-corrected chi connectivity index (χ3v) is 27.2. The molecular weight excluding hydrogens is 1870 g/mol. The van der Waals surface area contributed by atoms with Gasteiger partial charge >= 0.3 is 12.1 Å². The van der Waals surface area contributed by atoms with Crippen LogP contribution >= 0.6 is 0 Å². The number of nitrogens with zero attached hydrogens (tertiary/aromatic N) is 10. The molecule has 20 rings (SSSR count). The van der Waals surface area contributed by atoms with E-state index in [1.54, 1.807) is 107 Å². The van der Waals surface area contributed by atoms with E-state index in [-0.39, 0.29) is 61.5 Å². The number of hydrogen-bond donors (Lipinski definition) is 8. The van der Waals surface area contributed by atoms with E-state index in [9.17, 15) is 63.6 Å². The van der Waals surface area contributed by atoms with Crippen LogP contribution in [0.4, 0.5) is 18.0 Å². The Balaban J connectivity index is 0.000000131. The molecule has 10 heterocycles. The largest absolute Gasteiger partial charge is 0.456 e. The second kappa shape index (κ2) is 41.8. The van der Waals surface area contributed by atoms with E-state index in [0.717, 1.165) is 111 Å². The van der Waals surface area contributed by atoms with Crippen LogP contribution in [0.3, 0.4) is 0 Å². The Bertz CT molecular complexity index is 8050. The summed E-state index contributed by atoms with van der Waals surface area (Å²) in [5.74, 6) is 0.326. The SMILES string of the molecule is CC(C)(C)OC(=O)N1CCC(CCc2c(-c3ccc(S(C)(=O)=O)cc3)[nH]n(-c3nc4ccccc4[nH]3)c2=O)CC1.CC(C)(C)OC(=O)c1ccc(-c2[nH]n(-c3nc4ccccc4[nH]3)c(=O)c2CCc2ccc(F)cc2)cc1.CS(=O)(=O)c1ccc(-c2[nH]n(-c3nc4ccccc4[nH]3)c(=O)c2CCc2ccc(F)cc2)cc1.O=C(c1[nH]n(-c2nc3ccccc3[nH]2)c(=O)c1CCc1ccc(F)cc1)N1CCCCC1. The minimum atomic E-state index is -3.35. The zero-order valence-electron chi connectivity index (χ0n) is 79.9. The minimum absolute atomic E-state index is 0.161. The van der Waals surface area contributed by atoms with Crippen LogP contribution in [0.25, 0.3) is 102 Å². The molecule has 2 aliphatic heterocycles. The minimum Gasteiger partial charge on any atom is -0.456 e. The fourth-order valence-corrected chi connectivity index (χ4v) is 18.7. The molecule has 143 heavy (non-hydrogen) atoms. The number of esters is 1. The average Bonchev–Trinajstić information content (AvgIpc) is 1.63. The number of sulfone groups is 2. The van der Waals surface area contributed by atoms with Gasteiger partial charge in [0.05, 0.1) is 82.1 Å². The number of carbonyl (C=O) groups excluding carboxylic acids is 3. The van der Waals surface area contributed by atoms with Gasteiger partial charge in [-0.2, -0.15) is 18.7 Å². The molecule has 0 unspecified atom stereocenters. The maximum atomic E-state index is 13.7. The molecule has 0 aliphatic carbocycles. The van der Waals surface area contributed by atoms with Crippen molar-refractivity contribution < 1.29 is 53.9 Å². The molecule has 736 valence electrons. The first-order chi connectivity index (χ1) is 68.5. The fraction of sp³-hybridized carbons (Fsp3) is 0.262. The van der Waals surface area contributed by atoms with Gasteiger partial charge in [0.1, 0.15) is 34.3 Å². The molecule has 36 heteroatoms. The predicted molar refractivity (Wildman–Crippen MR) is 542 cm³/mol. The first kappa shape index (κ1) is 98.6. The molecule has 8 aromatic heterocycles. The second-order valence-corrected chi connectivity index (χ2v) is 41.6. The topological polar surface area (TPSA) is 410 Å². The number of hydrogen-bond acceptors (Lipinski definition) is 17. The number of aromatic amines is 8. The number of carbonyl (C=O) groups is 3. The van der Waals surface area contributed by atoms with Crippen LogP contribution in [0, 0.1) is 23.4 Å². The van der Waals surface area contributed by atoms with Crippen molar-refractivity contribution >= 4 is 81.8 Å². The van der Waals surface area contributed by atoms with E-state index in [0.29, 0.717) is 163 Å². The van der Waals surface area contributed by atoms with Crippen molar-refractivity contribution in [2.24, 2.45) is 5.92 Å². The lowest BCUT2D eigenvalue weighted by atomic mass is 9.90. The van der Waals surface area contributed by atoms with Gasteiger partial charge in [-0.25, -0.2) is 59.5 Å². The zero-order valence-corrected chi connectivity index (χ0v) is 81.6. The summed E-state index contributed by atoms with van der Waals surface area (Å²) in [6.45, 7) is 13.7. The smallest absolute Gasteiger partial charge is 0.410 e. The number of nitrogens with one attached hydrogen (secondary N) is 8. The van der Waals surface area contributed by atoms with E-state index in [1.807, 2.05) is 139 Å². The zero-order chi connectivity index (χ0) is 101. The summed E-state index contributed by atoms with van der Waals surface area (Å²) >= 11 is 0. The number of fused-ring (bicyclic) bond motifs is 4. The van der Waals surface area contributed by atoms with Crippen LogP contribution in [-0.2, 0) is 74.1 Å². The quantitative estimate of drug-likeness (QED) is 0.0276. The van der Waals surface area contributed by atoms with Crippen molar-refractivity contribution in [3.63, 3.8) is 0 Å². The predicted octanol–water partition coefficient (Wildman–Crippen LogP) is 17.9. The van der Waals surface area contributed by atoms with Crippen molar-refractivity contribution in [1.29, 1.82) is 0 Å². The Kier molecular flexibility index (Phi) is 28.8. The molecule has 0 spiro atoms. The highest BCUT2D eigenvalue weighted by Crippen LogP contribution is 2.33. The Hall–Kier alpha value is -16.0. The van der Waals surface area contributed by atoms with Gasteiger partial charge in [-0.3, -0.25) is 44.4 Å². The molecule has 8 N–H and O–H groups in total. The van der Waals surface area contributed by atoms with E-state index >= 15 is 0 Å². The fourth-order valence-electron chi connectivity index (χ4n) is 17.4. The highest BCUT2D eigenvalue weighted by atomic mass is 32.2. The number of H-pyrrole nitrogens is 8. The molecule has 0 radical (unpaired) electrons. The van der Waals surface area contributed by atoms with Crippen LogP contribution in [0.1, 0.15) is 140 Å². The number of rotatable bonds is 23. The number of halogens is 3. The van der Waals surface area contributed by atoms with Gasteiger partial charge in [0, 0.05) is 55.4 Å². The van der Waals surface area contributed by atoms with E-state index in [4.69, 9.17) is 9.47 Å². The summed E-state index contributed by atoms with van der Waals surface area (Å²) in [5.41, 5.74) is 13.6. The van der Waals surface area contributed by atoms with Gasteiger partial charge in [-0.1, -0.05) is 121 Å². The highest BCUT2D eigenvalue weighted by Gasteiger charge is 2.32. The Morgan fingerprint density at radius 3 is 1.01 bits per heavy atom. The number of imidazole rings is 4. The summed E-state index contributed by atoms with van der Waals surface area (Å²) in [5, 5.41) is 12.6. The van der Waals surface area contributed by atoms with Crippen LogP contribution in [0.2, 0.25) is 0 Å². The lowest BCUT2D eigenvalue weighted by molar-refractivity contribution is 0.00680. The number of amides is 2. The van der Waals surface area contributed by atoms with Gasteiger partial charge in [0.2, 0.25) is 23.8 Å². The first-order valence-electron chi connectivity index (χ1n) is 47.1. The second-order valence-electron chi connectivity index (χ2n) is 37.6. The van der Waals surface area contributed by atoms with Gasteiger partial charge in [-0.15, -0.1) is 0 Å². The van der Waals surface area contributed by atoms with Gasteiger partial charge in [0.25, 0.3) is 28.1 Å². The van der Waals surface area contributed by atoms with Crippen molar-refractivity contribution in [2.45, 2.75) is 146 Å². The number of benzene rings is 10. The summed E-state index contributed by atoms with van der Waals surface area (Å²) in [7, 11) is -6.69. The number of likely N-dealkylation sites (tertiary alicyclic amines) is 2. The number of ether oxygens (including phenoxy) is 2. The van der Waals surface area contributed by atoms with Crippen LogP contribution in [0.15, 0.2) is 272 Å². The summed E-state index contributed by atoms with van der Waals surface area (Å²) < 4.78 is 104. The molecule has 2 amide bonds. The molecule has 18 aromatic rings. The Morgan fingerprint density at radius 1 is 0.364 bits per heavy atom. The molecule has 2 saturated heterocycles. The molecule has 0 saturated carbocycles. The molecule has 2 aliphatic rings. The third-order valence-electron chi connectivity index (χ3n) is 24.9. The van der Waals surface area contributed by atoms with E-state index in [1.165, 1.54) is 73.5 Å².